The molecule has 1 aromatic carbocycles. The topological polar surface area (TPSA) is 54.0 Å². The average Bonchev–Trinajstić information content (AvgIpc) is 2.87. The minimum atomic E-state index is -0.00652. The summed E-state index contributed by atoms with van der Waals surface area (Å²) in [6, 6.07) is 7.99. The van der Waals surface area contributed by atoms with E-state index in [0.717, 1.165) is 41.5 Å². The Morgan fingerprint density at radius 3 is 3.00 bits per heavy atom. The zero-order valence-corrected chi connectivity index (χ0v) is 11.0. The molecule has 4 nitrogen and oxygen atoms in total. The minimum absolute atomic E-state index is 0.00652. The SMILES string of the molecule is CNCC(=O)Nc1c2c(nc3ccccc13)CCC2. The van der Waals surface area contributed by atoms with E-state index in [1.165, 1.54) is 5.56 Å². The third kappa shape index (κ3) is 2.19. The number of rotatable bonds is 3. The molecule has 0 aliphatic heterocycles. The van der Waals surface area contributed by atoms with Crippen molar-refractivity contribution in [2.45, 2.75) is 19.3 Å². The summed E-state index contributed by atoms with van der Waals surface area (Å²) in [7, 11) is 1.77. The Bertz CT molecular complexity index is 637. The maximum absolute atomic E-state index is 11.9. The number of carbonyl (C=O) groups excluding carboxylic acids is 1. The first kappa shape index (κ1) is 12.1. The van der Waals surface area contributed by atoms with E-state index in [0.29, 0.717) is 6.54 Å². The van der Waals surface area contributed by atoms with Crippen LogP contribution < -0.4 is 10.6 Å². The number of carbonyl (C=O) groups is 1. The number of anilines is 1. The van der Waals surface area contributed by atoms with Gasteiger partial charge in [0.2, 0.25) is 5.91 Å². The molecular formula is C15H17N3O. The van der Waals surface area contributed by atoms with Crippen molar-refractivity contribution in [2.24, 2.45) is 0 Å². The number of aromatic nitrogens is 1. The number of fused-ring (bicyclic) bond motifs is 2. The summed E-state index contributed by atoms with van der Waals surface area (Å²) in [5, 5.41) is 6.96. The second kappa shape index (κ2) is 4.97. The Morgan fingerprint density at radius 1 is 1.32 bits per heavy atom. The number of para-hydroxylation sites is 1. The highest BCUT2D eigenvalue weighted by molar-refractivity contribution is 6.03. The summed E-state index contributed by atoms with van der Waals surface area (Å²) in [5.41, 5.74) is 4.27. The summed E-state index contributed by atoms with van der Waals surface area (Å²) in [5.74, 6) is -0.00652. The van der Waals surface area contributed by atoms with Gasteiger partial charge in [-0.05, 0) is 37.9 Å². The van der Waals surface area contributed by atoms with Crippen molar-refractivity contribution in [3.63, 3.8) is 0 Å². The molecule has 0 saturated heterocycles. The first-order chi connectivity index (χ1) is 9.29. The summed E-state index contributed by atoms with van der Waals surface area (Å²) in [6.07, 6.45) is 3.13. The molecule has 0 saturated carbocycles. The number of amides is 1. The van der Waals surface area contributed by atoms with Crippen LogP contribution in [0.3, 0.4) is 0 Å². The Morgan fingerprint density at radius 2 is 2.16 bits per heavy atom. The zero-order valence-electron chi connectivity index (χ0n) is 11.0. The molecular weight excluding hydrogens is 238 g/mol. The minimum Gasteiger partial charge on any atom is -0.324 e. The molecule has 0 radical (unpaired) electrons. The molecule has 4 heteroatoms. The first-order valence-electron chi connectivity index (χ1n) is 6.64. The smallest absolute Gasteiger partial charge is 0.238 e. The van der Waals surface area contributed by atoms with Gasteiger partial charge in [-0.25, -0.2) is 0 Å². The first-order valence-corrected chi connectivity index (χ1v) is 6.64. The lowest BCUT2D eigenvalue weighted by atomic mass is 10.1. The molecule has 0 atom stereocenters. The van der Waals surface area contributed by atoms with Crippen molar-refractivity contribution < 1.29 is 4.79 Å². The maximum Gasteiger partial charge on any atom is 0.238 e. The van der Waals surface area contributed by atoms with E-state index in [1.807, 2.05) is 24.3 Å². The Balaban J connectivity index is 2.12. The van der Waals surface area contributed by atoms with E-state index < -0.39 is 0 Å². The van der Waals surface area contributed by atoms with Gasteiger partial charge in [0.1, 0.15) is 0 Å². The van der Waals surface area contributed by atoms with Gasteiger partial charge in [-0.15, -0.1) is 0 Å². The summed E-state index contributed by atoms with van der Waals surface area (Å²) < 4.78 is 0. The molecule has 1 aliphatic carbocycles. The van der Waals surface area contributed by atoms with Crippen LogP contribution in [0, 0.1) is 0 Å². The fourth-order valence-electron chi connectivity index (χ4n) is 2.70. The van der Waals surface area contributed by atoms with Crippen LogP contribution in [0.1, 0.15) is 17.7 Å². The lowest BCUT2D eigenvalue weighted by Gasteiger charge is -2.13. The average molecular weight is 255 g/mol. The van der Waals surface area contributed by atoms with Crippen LogP contribution >= 0.6 is 0 Å². The lowest BCUT2D eigenvalue weighted by molar-refractivity contribution is -0.115. The Hall–Kier alpha value is -1.94. The molecule has 3 rings (SSSR count). The predicted octanol–water partition coefficient (Wildman–Crippen LogP) is 1.88. The van der Waals surface area contributed by atoms with E-state index in [9.17, 15) is 4.79 Å². The number of pyridine rings is 1. The quantitative estimate of drug-likeness (QED) is 0.880. The standard InChI is InChI=1S/C15H17N3O/c1-16-9-14(19)18-15-10-5-2-3-7-12(10)17-13-8-4-6-11(13)15/h2-3,5,7,16H,4,6,8-9H2,1H3,(H,17,18,19). The fraction of sp³-hybridized carbons (Fsp3) is 0.333. The summed E-state index contributed by atoms with van der Waals surface area (Å²) in [4.78, 5) is 16.6. The van der Waals surface area contributed by atoms with Gasteiger partial charge < -0.3 is 10.6 Å². The van der Waals surface area contributed by atoms with Crippen molar-refractivity contribution >= 4 is 22.5 Å². The molecule has 0 bridgehead atoms. The van der Waals surface area contributed by atoms with Crippen LogP contribution in [0.15, 0.2) is 24.3 Å². The van der Waals surface area contributed by atoms with Gasteiger partial charge in [0, 0.05) is 11.1 Å². The van der Waals surface area contributed by atoms with Gasteiger partial charge in [0.05, 0.1) is 17.7 Å². The van der Waals surface area contributed by atoms with Gasteiger partial charge in [-0.3, -0.25) is 9.78 Å². The molecule has 1 aliphatic rings. The number of benzene rings is 1. The molecule has 98 valence electrons. The van der Waals surface area contributed by atoms with Gasteiger partial charge in [-0.2, -0.15) is 0 Å². The lowest BCUT2D eigenvalue weighted by Crippen LogP contribution is -2.25. The Labute approximate surface area is 112 Å². The van der Waals surface area contributed by atoms with E-state index in [4.69, 9.17) is 4.98 Å². The third-order valence-corrected chi connectivity index (χ3v) is 3.52. The van der Waals surface area contributed by atoms with Crippen molar-refractivity contribution in [1.29, 1.82) is 0 Å². The second-order valence-corrected chi connectivity index (χ2v) is 4.86. The third-order valence-electron chi connectivity index (χ3n) is 3.52. The largest absolute Gasteiger partial charge is 0.324 e. The van der Waals surface area contributed by atoms with Crippen LogP contribution in [0.5, 0.6) is 0 Å². The zero-order chi connectivity index (χ0) is 13.2. The van der Waals surface area contributed by atoms with Crippen LogP contribution in [-0.4, -0.2) is 24.5 Å². The molecule has 2 aromatic rings. The molecule has 1 aromatic heterocycles. The molecule has 2 N–H and O–H groups in total. The van der Waals surface area contributed by atoms with Crippen LogP contribution in [0.4, 0.5) is 5.69 Å². The number of hydrogen-bond donors (Lipinski definition) is 2. The van der Waals surface area contributed by atoms with Gasteiger partial charge in [0.25, 0.3) is 0 Å². The summed E-state index contributed by atoms with van der Waals surface area (Å²) in [6.45, 7) is 0.325. The predicted molar refractivity (Wildman–Crippen MR) is 76.3 cm³/mol. The van der Waals surface area contributed by atoms with Gasteiger partial charge in [0.15, 0.2) is 0 Å². The van der Waals surface area contributed by atoms with E-state index in [2.05, 4.69) is 10.6 Å². The molecule has 1 amide bonds. The molecule has 0 spiro atoms. The van der Waals surface area contributed by atoms with Crippen LogP contribution in [-0.2, 0) is 17.6 Å². The molecule has 1 heterocycles. The number of hydrogen-bond acceptors (Lipinski definition) is 3. The highest BCUT2D eigenvalue weighted by Gasteiger charge is 2.20. The molecule has 0 fully saturated rings. The summed E-state index contributed by atoms with van der Waals surface area (Å²) >= 11 is 0. The Kier molecular flexibility index (Phi) is 3.17. The van der Waals surface area contributed by atoms with E-state index in [1.54, 1.807) is 7.05 Å². The van der Waals surface area contributed by atoms with Crippen LogP contribution in [0.25, 0.3) is 10.9 Å². The van der Waals surface area contributed by atoms with Crippen LogP contribution in [0.2, 0.25) is 0 Å². The maximum atomic E-state index is 11.9. The monoisotopic (exact) mass is 255 g/mol. The highest BCUT2D eigenvalue weighted by atomic mass is 16.1. The number of aryl methyl sites for hydroxylation is 1. The van der Waals surface area contributed by atoms with Crippen molar-refractivity contribution in [1.82, 2.24) is 10.3 Å². The molecule has 19 heavy (non-hydrogen) atoms. The van der Waals surface area contributed by atoms with Crippen molar-refractivity contribution in [3.8, 4) is 0 Å². The second-order valence-electron chi connectivity index (χ2n) is 4.86. The number of nitrogens with one attached hydrogen (secondary N) is 2. The van der Waals surface area contributed by atoms with Gasteiger partial charge >= 0.3 is 0 Å². The van der Waals surface area contributed by atoms with Crippen molar-refractivity contribution in [2.75, 3.05) is 18.9 Å². The number of nitrogens with zero attached hydrogens (tertiary/aromatic N) is 1. The van der Waals surface area contributed by atoms with Crippen molar-refractivity contribution in [3.05, 3.63) is 35.5 Å². The van der Waals surface area contributed by atoms with E-state index in [-0.39, 0.29) is 5.91 Å². The van der Waals surface area contributed by atoms with Gasteiger partial charge in [-0.1, -0.05) is 18.2 Å². The normalized spacial score (nSPS) is 13.5. The fourth-order valence-corrected chi connectivity index (χ4v) is 2.70. The van der Waals surface area contributed by atoms with E-state index >= 15 is 0 Å². The highest BCUT2D eigenvalue weighted by Crippen LogP contribution is 2.33. The molecule has 0 unspecified atom stereocenters. The number of likely N-dealkylation sites (N-methyl/N-ethyl adjacent to an activating group) is 1.